The number of carbonyl (C=O) groups is 1. The number of hydrogen-bond donors (Lipinski definition) is 1. The minimum atomic E-state index is -3.49. The Morgan fingerprint density at radius 1 is 0.903 bits per heavy atom. The molecule has 1 amide bonds. The molecule has 0 saturated carbocycles. The van der Waals surface area contributed by atoms with E-state index in [-0.39, 0.29) is 10.8 Å². The number of pyridine rings is 1. The van der Waals surface area contributed by atoms with E-state index in [2.05, 4.69) is 5.32 Å². The Morgan fingerprint density at radius 3 is 2.39 bits per heavy atom. The van der Waals surface area contributed by atoms with Crippen LogP contribution in [0.1, 0.15) is 47.3 Å². The predicted molar refractivity (Wildman–Crippen MR) is 121 cm³/mol. The van der Waals surface area contributed by atoms with E-state index < -0.39 is 10.0 Å². The third-order valence-corrected chi connectivity index (χ3v) is 8.14. The van der Waals surface area contributed by atoms with Crippen LogP contribution in [0, 0.1) is 0 Å². The van der Waals surface area contributed by atoms with E-state index in [1.807, 2.05) is 24.3 Å². The second-order valence-corrected chi connectivity index (χ2v) is 10.2. The van der Waals surface area contributed by atoms with Crippen LogP contribution < -0.4 is 5.32 Å². The van der Waals surface area contributed by atoms with Crippen molar-refractivity contribution in [2.24, 2.45) is 0 Å². The first-order chi connectivity index (χ1) is 15.0. The Balaban J connectivity index is 1.45. The second-order valence-electron chi connectivity index (χ2n) is 8.23. The number of benzene rings is 2. The van der Waals surface area contributed by atoms with Crippen molar-refractivity contribution in [2.75, 3.05) is 18.4 Å². The monoisotopic (exact) mass is 435 g/mol. The number of aromatic nitrogens is 1. The average Bonchev–Trinajstić information content (AvgIpc) is 3.35. The van der Waals surface area contributed by atoms with E-state index in [0.29, 0.717) is 18.7 Å². The van der Waals surface area contributed by atoms with Crippen LogP contribution in [-0.2, 0) is 22.9 Å². The summed E-state index contributed by atoms with van der Waals surface area (Å²) in [6.07, 6.45) is 5.80. The zero-order valence-electron chi connectivity index (χ0n) is 17.3. The normalized spacial score (nSPS) is 16.9. The summed E-state index contributed by atoms with van der Waals surface area (Å²) in [7, 11) is -3.49. The molecule has 0 atom stereocenters. The summed E-state index contributed by atoms with van der Waals surface area (Å²) < 4.78 is 27.0. The summed E-state index contributed by atoms with van der Waals surface area (Å²) in [6.45, 7) is 1.12. The molecule has 3 aromatic rings. The molecule has 0 bridgehead atoms. The molecule has 1 aromatic heterocycles. The van der Waals surface area contributed by atoms with Gasteiger partial charge in [0, 0.05) is 29.7 Å². The summed E-state index contributed by atoms with van der Waals surface area (Å²) in [5, 5.41) is 4.04. The lowest BCUT2D eigenvalue weighted by Gasteiger charge is -2.21. The Labute approximate surface area is 182 Å². The van der Waals surface area contributed by atoms with Gasteiger partial charge in [0.05, 0.1) is 16.1 Å². The molecule has 1 aliphatic heterocycles. The molecule has 1 saturated heterocycles. The summed E-state index contributed by atoms with van der Waals surface area (Å²) in [4.78, 5) is 18.1. The van der Waals surface area contributed by atoms with Crippen LogP contribution in [0.4, 0.5) is 5.69 Å². The van der Waals surface area contributed by atoms with Gasteiger partial charge in [0.25, 0.3) is 5.91 Å². The minimum absolute atomic E-state index is 0.234. The highest BCUT2D eigenvalue weighted by Gasteiger charge is 2.27. The number of para-hydroxylation sites is 1. The van der Waals surface area contributed by atoms with Crippen molar-refractivity contribution in [1.29, 1.82) is 0 Å². The van der Waals surface area contributed by atoms with Gasteiger partial charge in [-0.25, -0.2) is 8.42 Å². The van der Waals surface area contributed by atoms with Crippen LogP contribution in [0.15, 0.2) is 53.4 Å². The van der Waals surface area contributed by atoms with Gasteiger partial charge >= 0.3 is 0 Å². The molecule has 160 valence electrons. The predicted octanol–water partition coefficient (Wildman–Crippen LogP) is 4.15. The molecule has 1 aliphatic carbocycles. The smallest absolute Gasteiger partial charge is 0.255 e. The summed E-state index contributed by atoms with van der Waals surface area (Å²) >= 11 is 0. The molecule has 0 radical (unpaired) electrons. The molecule has 2 aromatic carbocycles. The molecule has 2 heterocycles. The molecule has 6 nitrogen and oxygen atoms in total. The fourth-order valence-electron chi connectivity index (χ4n) is 4.56. The van der Waals surface area contributed by atoms with Crippen molar-refractivity contribution in [2.45, 2.75) is 43.4 Å². The van der Waals surface area contributed by atoms with E-state index in [4.69, 9.17) is 4.98 Å². The largest absolute Gasteiger partial charge is 0.321 e. The molecular formula is C24H25N3O3S. The highest BCUT2D eigenvalue weighted by Crippen LogP contribution is 2.33. The lowest BCUT2D eigenvalue weighted by atomic mass is 9.92. The van der Waals surface area contributed by atoms with E-state index in [1.165, 1.54) is 16.4 Å². The quantitative estimate of drug-likeness (QED) is 0.668. The van der Waals surface area contributed by atoms with Crippen molar-refractivity contribution in [3.05, 3.63) is 65.4 Å². The highest BCUT2D eigenvalue weighted by atomic mass is 32.2. The molecule has 2 aliphatic rings. The van der Waals surface area contributed by atoms with E-state index in [9.17, 15) is 13.2 Å². The molecule has 5 rings (SSSR count). The first kappa shape index (κ1) is 20.2. The Hall–Kier alpha value is -2.77. The van der Waals surface area contributed by atoms with Gasteiger partial charge in [-0.05, 0) is 74.4 Å². The van der Waals surface area contributed by atoms with Crippen LogP contribution in [-0.4, -0.2) is 36.7 Å². The summed E-state index contributed by atoms with van der Waals surface area (Å²) in [5.74, 6) is -0.241. The zero-order chi connectivity index (χ0) is 21.4. The van der Waals surface area contributed by atoms with Crippen LogP contribution >= 0.6 is 0 Å². The number of aryl methyl sites for hydroxylation is 1. The van der Waals surface area contributed by atoms with E-state index >= 15 is 0 Å². The van der Waals surface area contributed by atoms with Gasteiger partial charge in [-0.1, -0.05) is 18.2 Å². The van der Waals surface area contributed by atoms with Gasteiger partial charge in [0.1, 0.15) is 0 Å². The number of hydrogen-bond acceptors (Lipinski definition) is 4. The van der Waals surface area contributed by atoms with Gasteiger partial charge in [-0.3, -0.25) is 9.78 Å². The van der Waals surface area contributed by atoms with Crippen LogP contribution in [0.2, 0.25) is 0 Å². The van der Waals surface area contributed by atoms with E-state index in [1.54, 1.807) is 12.1 Å². The Kier molecular flexibility index (Phi) is 5.24. The first-order valence-corrected chi connectivity index (χ1v) is 12.3. The molecule has 0 spiro atoms. The maximum absolute atomic E-state index is 13.1. The van der Waals surface area contributed by atoms with Crippen LogP contribution in [0.3, 0.4) is 0 Å². The number of nitrogens with one attached hydrogen (secondary N) is 1. The maximum atomic E-state index is 13.1. The van der Waals surface area contributed by atoms with Crippen LogP contribution in [0.5, 0.6) is 0 Å². The Morgan fingerprint density at radius 2 is 1.61 bits per heavy atom. The van der Waals surface area contributed by atoms with Crippen molar-refractivity contribution in [3.8, 4) is 0 Å². The molecule has 1 N–H and O–H groups in total. The van der Waals surface area contributed by atoms with Gasteiger partial charge in [-0.2, -0.15) is 4.31 Å². The molecule has 31 heavy (non-hydrogen) atoms. The average molecular weight is 436 g/mol. The van der Waals surface area contributed by atoms with Crippen molar-refractivity contribution in [3.63, 3.8) is 0 Å². The molecule has 7 heteroatoms. The molecular weight excluding hydrogens is 410 g/mol. The summed E-state index contributed by atoms with van der Waals surface area (Å²) in [5.41, 5.74) is 4.33. The van der Waals surface area contributed by atoms with Gasteiger partial charge in [0.2, 0.25) is 10.0 Å². The van der Waals surface area contributed by atoms with Crippen LogP contribution in [0.25, 0.3) is 10.9 Å². The first-order valence-electron chi connectivity index (χ1n) is 10.9. The Bertz CT molecular complexity index is 1250. The lowest BCUT2D eigenvalue weighted by Crippen LogP contribution is -2.27. The fourth-order valence-corrected chi connectivity index (χ4v) is 6.07. The third kappa shape index (κ3) is 3.72. The van der Waals surface area contributed by atoms with Gasteiger partial charge in [0.15, 0.2) is 0 Å². The van der Waals surface area contributed by atoms with Gasteiger partial charge in [-0.15, -0.1) is 0 Å². The number of anilines is 1. The topological polar surface area (TPSA) is 79.4 Å². The van der Waals surface area contributed by atoms with Gasteiger partial charge < -0.3 is 5.32 Å². The number of fused-ring (bicyclic) bond motifs is 2. The van der Waals surface area contributed by atoms with Crippen molar-refractivity contribution < 1.29 is 13.2 Å². The number of sulfonamides is 1. The number of rotatable bonds is 4. The lowest BCUT2D eigenvalue weighted by molar-refractivity contribution is 0.102. The minimum Gasteiger partial charge on any atom is -0.321 e. The number of amides is 1. The molecule has 1 fully saturated rings. The molecule has 0 unspecified atom stereocenters. The third-order valence-electron chi connectivity index (χ3n) is 6.23. The fraction of sp³-hybridized carbons (Fsp3) is 0.333. The van der Waals surface area contributed by atoms with E-state index in [0.717, 1.165) is 66.4 Å². The zero-order valence-corrected chi connectivity index (χ0v) is 18.1. The SMILES string of the molecule is O=C(Nc1c2c(nc3ccccc13)CCCC2)c1ccc(S(=O)(=O)N2CCCC2)cc1. The van der Waals surface area contributed by atoms with Crippen molar-refractivity contribution in [1.82, 2.24) is 9.29 Å². The maximum Gasteiger partial charge on any atom is 0.255 e. The second kappa shape index (κ2) is 8.05. The highest BCUT2D eigenvalue weighted by molar-refractivity contribution is 7.89. The van der Waals surface area contributed by atoms with Crippen molar-refractivity contribution >= 4 is 32.5 Å². The summed E-state index contributed by atoms with van der Waals surface area (Å²) in [6, 6.07) is 14.1. The standard InChI is InChI=1S/C24H25N3O3S/c28-24(17-11-13-18(14-12-17)31(29,30)27-15-5-6-16-27)26-23-19-7-1-3-9-21(19)25-22-10-4-2-8-20(22)23/h1,3,7,9,11-14H,2,4-6,8,10,15-16H2,(H,25,26,28). The number of nitrogens with zero attached hydrogens (tertiary/aromatic N) is 2. The number of carbonyl (C=O) groups excluding carboxylic acids is 1.